The molecule has 1 aromatic carbocycles. The number of amides is 1. The van der Waals surface area contributed by atoms with Crippen molar-refractivity contribution in [2.45, 2.75) is 6.04 Å². The molecule has 4 nitrogen and oxygen atoms in total. The number of carbonyl (C=O) groups excluding carboxylic acids is 1. The molecule has 0 heterocycles. The molecule has 0 saturated heterocycles. The highest BCUT2D eigenvalue weighted by molar-refractivity contribution is 5.85. The Morgan fingerprint density at radius 2 is 1.77 bits per heavy atom. The molecule has 0 aliphatic carbocycles. The van der Waals surface area contributed by atoms with E-state index in [4.69, 9.17) is 16.6 Å². The van der Waals surface area contributed by atoms with Crippen molar-refractivity contribution in [3.63, 3.8) is 0 Å². The number of hydrogen-bond donors (Lipinski definition) is 3. The van der Waals surface area contributed by atoms with E-state index >= 15 is 0 Å². The lowest BCUT2D eigenvalue weighted by molar-refractivity contribution is -0.119. The van der Waals surface area contributed by atoms with Crippen LogP contribution >= 0.6 is 12.4 Å². The van der Waals surface area contributed by atoms with Crippen molar-refractivity contribution in [3.05, 3.63) is 29.8 Å². The fourth-order valence-corrected chi connectivity index (χ4v) is 0.846. The van der Waals surface area contributed by atoms with Gasteiger partial charge in [0.15, 0.2) is 0 Å². The van der Waals surface area contributed by atoms with Crippen LogP contribution in [0.1, 0.15) is 11.6 Å². The van der Waals surface area contributed by atoms with E-state index in [1.807, 2.05) is 0 Å². The quantitative estimate of drug-likeness (QED) is 0.644. The highest BCUT2D eigenvalue weighted by Crippen LogP contribution is 2.14. The maximum absolute atomic E-state index is 10.6. The van der Waals surface area contributed by atoms with Crippen molar-refractivity contribution in [1.29, 1.82) is 0 Å². The van der Waals surface area contributed by atoms with Gasteiger partial charge in [-0.1, -0.05) is 12.1 Å². The average molecular weight is 203 g/mol. The molecule has 0 fully saturated rings. The standard InChI is InChI=1S/C8H10N2O2.ClH/c9-7(8(10)12)5-1-3-6(11)4-2-5;/h1-4,7,11H,9H2,(H2,10,12);1H. The first kappa shape index (κ1) is 11.7. The van der Waals surface area contributed by atoms with Crippen LogP contribution in [-0.4, -0.2) is 11.0 Å². The van der Waals surface area contributed by atoms with Crippen molar-refractivity contribution in [2.75, 3.05) is 0 Å². The van der Waals surface area contributed by atoms with Gasteiger partial charge < -0.3 is 16.6 Å². The van der Waals surface area contributed by atoms with Gasteiger partial charge >= 0.3 is 0 Å². The first-order chi connectivity index (χ1) is 5.61. The highest BCUT2D eigenvalue weighted by Gasteiger charge is 2.10. The molecule has 5 N–H and O–H groups in total. The number of halogens is 1. The summed E-state index contributed by atoms with van der Waals surface area (Å²) in [6.45, 7) is 0. The number of aromatic hydroxyl groups is 1. The van der Waals surface area contributed by atoms with Crippen molar-refractivity contribution < 1.29 is 9.90 Å². The third-order valence-electron chi connectivity index (χ3n) is 1.56. The van der Waals surface area contributed by atoms with Gasteiger partial charge in [-0.05, 0) is 17.7 Å². The largest absolute Gasteiger partial charge is 0.508 e. The van der Waals surface area contributed by atoms with Crippen LogP contribution in [0.2, 0.25) is 0 Å². The van der Waals surface area contributed by atoms with Crippen LogP contribution in [0.5, 0.6) is 5.75 Å². The van der Waals surface area contributed by atoms with Crippen LogP contribution in [-0.2, 0) is 4.79 Å². The molecule has 1 amide bonds. The van der Waals surface area contributed by atoms with Crippen LogP contribution in [0, 0.1) is 0 Å². The third-order valence-corrected chi connectivity index (χ3v) is 1.56. The summed E-state index contributed by atoms with van der Waals surface area (Å²) in [7, 11) is 0. The van der Waals surface area contributed by atoms with Gasteiger partial charge in [-0.3, -0.25) is 4.79 Å². The number of phenolic OH excluding ortho intramolecular Hbond substituents is 1. The summed E-state index contributed by atoms with van der Waals surface area (Å²) in [6, 6.07) is 5.23. The summed E-state index contributed by atoms with van der Waals surface area (Å²) in [5.41, 5.74) is 11.0. The Hall–Kier alpha value is -1.26. The summed E-state index contributed by atoms with van der Waals surface area (Å²) >= 11 is 0. The maximum atomic E-state index is 10.6. The molecule has 0 spiro atoms. The molecule has 0 aliphatic heterocycles. The zero-order valence-electron chi connectivity index (χ0n) is 6.81. The molecular weight excluding hydrogens is 192 g/mol. The molecule has 1 unspecified atom stereocenters. The second kappa shape index (κ2) is 4.69. The summed E-state index contributed by atoms with van der Waals surface area (Å²) in [5, 5.41) is 8.92. The van der Waals surface area contributed by atoms with Gasteiger partial charge in [0.05, 0.1) is 0 Å². The average Bonchev–Trinajstić information content (AvgIpc) is 2.04. The molecule has 0 aromatic heterocycles. The Bertz CT molecular complexity index is 287. The first-order valence-corrected chi connectivity index (χ1v) is 3.45. The minimum absolute atomic E-state index is 0. The second-order valence-corrected chi connectivity index (χ2v) is 2.47. The van der Waals surface area contributed by atoms with E-state index in [1.54, 1.807) is 12.1 Å². The Morgan fingerprint density at radius 3 is 2.15 bits per heavy atom. The van der Waals surface area contributed by atoms with Crippen molar-refractivity contribution in [3.8, 4) is 5.75 Å². The second-order valence-electron chi connectivity index (χ2n) is 2.47. The van der Waals surface area contributed by atoms with Crippen LogP contribution in [0.25, 0.3) is 0 Å². The lowest BCUT2D eigenvalue weighted by Gasteiger charge is -2.06. The Morgan fingerprint density at radius 1 is 1.31 bits per heavy atom. The number of primary amides is 1. The molecule has 72 valence electrons. The van der Waals surface area contributed by atoms with Gasteiger partial charge in [-0.15, -0.1) is 12.4 Å². The Balaban J connectivity index is 0.00000144. The predicted molar refractivity (Wildman–Crippen MR) is 51.5 cm³/mol. The van der Waals surface area contributed by atoms with Crippen LogP contribution in [0.15, 0.2) is 24.3 Å². The smallest absolute Gasteiger partial charge is 0.238 e. The number of hydrogen-bond acceptors (Lipinski definition) is 3. The highest BCUT2D eigenvalue weighted by atomic mass is 35.5. The SMILES string of the molecule is Cl.NC(=O)C(N)c1ccc(O)cc1. The number of phenols is 1. The normalized spacial score (nSPS) is 11.5. The first-order valence-electron chi connectivity index (χ1n) is 3.45. The Labute approximate surface area is 81.9 Å². The van der Waals surface area contributed by atoms with Gasteiger partial charge in [0, 0.05) is 0 Å². The fourth-order valence-electron chi connectivity index (χ4n) is 0.846. The zero-order chi connectivity index (χ0) is 9.14. The number of nitrogens with two attached hydrogens (primary N) is 2. The zero-order valence-corrected chi connectivity index (χ0v) is 7.62. The van der Waals surface area contributed by atoms with Gasteiger partial charge in [-0.2, -0.15) is 0 Å². The molecule has 0 bridgehead atoms. The van der Waals surface area contributed by atoms with E-state index in [9.17, 15) is 4.79 Å². The summed E-state index contributed by atoms with van der Waals surface area (Å²) in [5.74, 6) is -0.448. The van der Waals surface area contributed by atoms with Gasteiger partial charge in [-0.25, -0.2) is 0 Å². The molecule has 1 rings (SSSR count). The molecule has 1 aromatic rings. The Kier molecular flexibility index (Phi) is 4.23. The van der Waals surface area contributed by atoms with E-state index in [2.05, 4.69) is 0 Å². The molecule has 13 heavy (non-hydrogen) atoms. The van der Waals surface area contributed by atoms with E-state index in [-0.39, 0.29) is 18.2 Å². The summed E-state index contributed by atoms with van der Waals surface area (Å²) in [6.07, 6.45) is 0. The van der Waals surface area contributed by atoms with Crippen LogP contribution in [0.3, 0.4) is 0 Å². The molecule has 1 atom stereocenters. The monoisotopic (exact) mass is 202 g/mol. The number of benzene rings is 1. The van der Waals surface area contributed by atoms with E-state index in [0.29, 0.717) is 5.56 Å². The van der Waals surface area contributed by atoms with E-state index < -0.39 is 11.9 Å². The molecule has 0 saturated carbocycles. The van der Waals surface area contributed by atoms with E-state index in [0.717, 1.165) is 0 Å². The van der Waals surface area contributed by atoms with Gasteiger partial charge in [0.1, 0.15) is 11.8 Å². The lowest BCUT2D eigenvalue weighted by atomic mass is 10.1. The van der Waals surface area contributed by atoms with E-state index in [1.165, 1.54) is 12.1 Å². The number of rotatable bonds is 2. The molecule has 5 heteroatoms. The lowest BCUT2D eigenvalue weighted by Crippen LogP contribution is -2.27. The van der Waals surface area contributed by atoms with Gasteiger partial charge in [0.25, 0.3) is 0 Å². The summed E-state index contributed by atoms with van der Waals surface area (Å²) in [4.78, 5) is 10.6. The fraction of sp³-hybridized carbons (Fsp3) is 0.125. The number of carbonyl (C=O) groups is 1. The predicted octanol–water partition coefficient (Wildman–Crippen LogP) is 0.299. The van der Waals surface area contributed by atoms with Crippen LogP contribution in [0.4, 0.5) is 0 Å². The van der Waals surface area contributed by atoms with Crippen molar-refractivity contribution in [2.24, 2.45) is 11.5 Å². The van der Waals surface area contributed by atoms with Gasteiger partial charge in [0.2, 0.25) is 5.91 Å². The maximum Gasteiger partial charge on any atom is 0.238 e. The van der Waals surface area contributed by atoms with Crippen molar-refractivity contribution in [1.82, 2.24) is 0 Å². The summed E-state index contributed by atoms with van der Waals surface area (Å²) < 4.78 is 0. The molecular formula is C8H11ClN2O2. The van der Waals surface area contributed by atoms with Crippen molar-refractivity contribution >= 4 is 18.3 Å². The minimum atomic E-state index is -0.800. The molecule has 0 aliphatic rings. The molecule has 0 radical (unpaired) electrons. The minimum Gasteiger partial charge on any atom is -0.508 e. The topological polar surface area (TPSA) is 89.3 Å². The third kappa shape index (κ3) is 2.93. The van der Waals surface area contributed by atoms with Crippen LogP contribution < -0.4 is 11.5 Å².